The van der Waals surface area contributed by atoms with Crippen molar-refractivity contribution in [3.05, 3.63) is 0 Å². The van der Waals surface area contributed by atoms with Gasteiger partial charge in [0.05, 0.1) is 0 Å². The maximum Gasteiger partial charge on any atom is 0.183 e. The highest BCUT2D eigenvalue weighted by atomic mass is 127. The Morgan fingerprint density at radius 2 is 1.18 bits per heavy atom. The van der Waals surface area contributed by atoms with Crippen LogP contribution in [-0.2, 0) is 4.12 Å². The summed E-state index contributed by atoms with van der Waals surface area (Å²) in [4.78, 5) is 0. The lowest BCUT2D eigenvalue weighted by molar-refractivity contribution is 0.559. The van der Waals surface area contributed by atoms with E-state index in [0.29, 0.717) is 0 Å². The van der Waals surface area contributed by atoms with Crippen LogP contribution >= 0.6 is 45.2 Å². The van der Waals surface area contributed by atoms with E-state index in [1.807, 2.05) is 0 Å². The number of hydrogen-bond donors (Lipinski definition) is 0. The fourth-order valence-corrected chi connectivity index (χ4v) is 10.0. The smallest absolute Gasteiger partial charge is 0.183 e. The van der Waals surface area contributed by atoms with Gasteiger partial charge in [0.2, 0.25) is 0 Å². The lowest BCUT2D eigenvalue weighted by atomic mass is 11.8. The predicted octanol–water partition coefficient (Wildman–Crippen LogP) is 3.36. The Labute approximate surface area is 99.2 Å². The summed E-state index contributed by atoms with van der Waals surface area (Å²) in [6.45, 7) is 9.22. The molecule has 0 aromatic carbocycles. The normalized spacial score (nSPS) is 13.6. The van der Waals surface area contributed by atoms with Crippen molar-refractivity contribution in [2.24, 2.45) is 0 Å². The zero-order valence-electron chi connectivity index (χ0n) is 7.58. The summed E-state index contributed by atoms with van der Waals surface area (Å²) in [7, 11) is -2.58. The molecule has 0 aliphatic heterocycles. The van der Waals surface area contributed by atoms with Crippen LogP contribution in [0.15, 0.2) is 0 Å². The van der Waals surface area contributed by atoms with E-state index in [1.54, 1.807) is 0 Å². The van der Waals surface area contributed by atoms with Gasteiger partial charge in [0.1, 0.15) is 0 Å². The minimum absolute atomic E-state index is 1.21. The maximum atomic E-state index is 6.19. The highest BCUT2D eigenvalue weighted by Crippen LogP contribution is 2.17. The Bertz CT molecular complexity index is 114. The van der Waals surface area contributed by atoms with Crippen molar-refractivity contribution in [2.75, 3.05) is 8.10 Å². The Morgan fingerprint density at radius 3 is 1.36 bits per heavy atom. The third kappa shape index (κ3) is 6.00. The summed E-state index contributed by atoms with van der Waals surface area (Å²) in [5, 5.41) is 0. The number of halogens is 2. The second-order valence-electron chi connectivity index (χ2n) is 3.89. The van der Waals surface area contributed by atoms with Gasteiger partial charge in [-0.05, 0) is 26.2 Å². The van der Waals surface area contributed by atoms with Crippen molar-refractivity contribution in [3.63, 3.8) is 0 Å². The van der Waals surface area contributed by atoms with E-state index in [1.165, 1.54) is 8.10 Å². The average Bonchev–Trinajstić information content (AvgIpc) is 1.86. The molecule has 0 aliphatic carbocycles. The SMILES string of the molecule is C[Si](C)(CI)O[Si](C)(C)CI. The first-order chi connectivity index (χ1) is 4.83. The van der Waals surface area contributed by atoms with Gasteiger partial charge in [0.25, 0.3) is 0 Å². The molecule has 0 spiro atoms. The molecule has 11 heavy (non-hydrogen) atoms. The largest absolute Gasteiger partial charge is 0.454 e. The van der Waals surface area contributed by atoms with Crippen LogP contribution in [0.3, 0.4) is 0 Å². The molecule has 0 amide bonds. The zero-order valence-corrected chi connectivity index (χ0v) is 13.9. The Hall–Kier alpha value is 1.85. The van der Waals surface area contributed by atoms with E-state index in [2.05, 4.69) is 71.4 Å². The number of hydrogen-bond acceptors (Lipinski definition) is 1. The molecule has 0 fully saturated rings. The van der Waals surface area contributed by atoms with Gasteiger partial charge in [-0.1, -0.05) is 45.2 Å². The molecule has 0 rings (SSSR count). The van der Waals surface area contributed by atoms with Crippen LogP contribution in [0.1, 0.15) is 0 Å². The van der Waals surface area contributed by atoms with E-state index >= 15 is 0 Å². The molecule has 0 saturated carbocycles. The second kappa shape index (κ2) is 4.92. The lowest BCUT2D eigenvalue weighted by Gasteiger charge is -2.31. The highest BCUT2D eigenvalue weighted by molar-refractivity contribution is 14.1. The van der Waals surface area contributed by atoms with Crippen molar-refractivity contribution in [1.29, 1.82) is 0 Å². The van der Waals surface area contributed by atoms with Crippen molar-refractivity contribution in [1.82, 2.24) is 0 Å². The van der Waals surface area contributed by atoms with Gasteiger partial charge >= 0.3 is 0 Å². The summed E-state index contributed by atoms with van der Waals surface area (Å²) in [5.41, 5.74) is 0. The molecule has 0 aliphatic rings. The van der Waals surface area contributed by atoms with Gasteiger partial charge in [0, 0.05) is 8.10 Å². The Kier molecular flexibility index (Phi) is 5.74. The number of alkyl halides is 2. The van der Waals surface area contributed by atoms with E-state index < -0.39 is 16.6 Å². The minimum Gasteiger partial charge on any atom is -0.454 e. The topological polar surface area (TPSA) is 9.23 Å². The van der Waals surface area contributed by atoms with Gasteiger partial charge in [-0.25, -0.2) is 0 Å². The standard InChI is InChI=1S/C6H16I2OSi2/c1-10(2,5-7)9-11(3,4)6-8/h5-6H2,1-4H3. The molecule has 1 nitrogen and oxygen atoms in total. The van der Waals surface area contributed by atoms with Gasteiger partial charge in [-0.2, -0.15) is 0 Å². The molecule has 0 aromatic heterocycles. The van der Waals surface area contributed by atoms with Crippen LogP contribution in [0.25, 0.3) is 0 Å². The molecular formula is C6H16I2OSi2. The van der Waals surface area contributed by atoms with Crippen LogP contribution in [0.2, 0.25) is 26.2 Å². The maximum absolute atomic E-state index is 6.19. The van der Waals surface area contributed by atoms with Gasteiger partial charge in [-0.15, -0.1) is 0 Å². The first kappa shape index (κ1) is 12.9. The molecule has 0 unspecified atom stereocenters. The van der Waals surface area contributed by atoms with Crippen LogP contribution in [0.5, 0.6) is 0 Å². The second-order valence-corrected chi connectivity index (χ2v) is 16.9. The molecule has 68 valence electrons. The molecule has 0 N–H and O–H groups in total. The molecule has 0 bridgehead atoms. The summed E-state index contributed by atoms with van der Waals surface area (Å²) in [5.74, 6) is 0. The Balaban J connectivity index is 4.02. The first-order valence-corrected chi connectivity index (χ1v) is 12.9. The van der Waals surface area contributed by atoms with Gasteiger partial charge < -0.3 is 4.12 Å². The molecule has 0 radical (unpaired) electrons. The van der Waals surface area contributed by atoms with E-state index in [9.17, 15) is 0 Å². The quantitative estimate of drug-likeness (QED) is 0.390. The highest BCUT2D eigenvalue weighted by Gasteiger charge is 2.30. The first-order valence-electron chi connectivity index (χ1n) is 3.65. The predicted molar refractivity (Wildman–Crippen MR) is 73.8 cm³/mol. The fraction of sp³-hybridized carbons (Fsp3) is 1.00. The van der Waals surface area contributed by atoms with Gasteiger partial charge in [0.15, 0.2) is 16.6 Å². The van der Waals surface area contributed by atoms with Crippen molar-refractivity contribution in [3.8, 4) is 0 Å². The minimum atomic E-state index is -1.29. The van der Waals surface area contributed by atoms with E-state index in [0.717, 1.165) is 0 Å². The summed E-state index contributed by atoms with van der Waals surface area (Å²) < 4.78 is 8.60. The van der Waals surface area contributed by atoms with E-state index in [-0.39, 0.29) is 0 Å². The molecule has 5 heteroatoms. The molecule has 0 saturated heterocycles. The van der Waals surface area contributed by atoms with Crippen molar-refractivity contribution in [2.45, 2.75) is 26.2 Å². The van der Waals surface area contributed by atoms with Crippen LogP contribution in [0.4, 0.5) is 0 Å². The fourth-order valence-electron chi connectivity index (χ4n) is 0.803. The zero-order chi connectivity index (χ0) is 9.12. The van der Waals surface area contributed by atoms with Crippen molar-refractivity contribution >= 4 is 61.8 Å². The third-order valence-corrected chi connectivity index (χ3v) is 17.9. The molecule has 0 atom stereocenters. The third-order valence-electron chi connectivity index (χ3n) is 1.20. The number of rotatable bonds is 4. The van der Waals surface area contributed by atoms with Crippen LogP contribution < -0.4 is 0 Å². The average molecular weight is 414 g/mol. The van der Waals surface area contributed by atoms with Crippen LogP contribution in [0, 0.1) is 0 Å². The Morgan fingerprint density at radius 1 is 0.909 bits per heavy atom. The summed E-state index contributed by atoms with van der Waals surface area (Å²) in [6.07, 6.45) is 0. The summed E-state index contributed by atoms with van der Waals surface area (Å²) in [6, 6.07) is 0. The molecular weight excluding hydrogens is 398 g/mol. The summed E-state index contributed by atoms with van der Waals surface area (Å²) >= 11 is 4.89. The molecule has 0 aromatic rings. The monoisotopic (exact) mass is 414 g/mol. The van der Waals surface area contributed by atoms with Gasteiger partial charge in [-0.3, -0.25) is 0 Å². The molecule has 0 heterocycles. The van der Waals surface area contributed by atoms with E-state index in [4.69, 9.17) is 4.12 Å². The van der Waals surface area contributed by atoms with Crippen LogP contribution in [-0.4, -0.2) is 24.7 Å². The lowest BCUT2D eigenvalue weighted by Crippen LogP contribution is -2.47. The van der Waals surface area contributed by atoms with Crippen molar-refractivity contribution < 1.29 is 4.12 Å².